The number of aromatic nitrogens is 1. The molecule has 27 heavy (non-hydrogen) atoms. The van der Waals surface area contributed by atoms with Crippen molar-refractivity contribution >= 4 is 29.3 Å². The fourth-order valence-electron chi connectivity index (χ4n) is 3.17. The van der Waals surface area contributed by atoms with Crippen molar-refractivity contribution in [2.24, 2.45) is 0 Å². The van der Waals surface area contributed by atoms with Gasteiger partial charge in [0.25, 0.3) is 0 Å². The molecule has 1 aliphatic rings. The van der Waals surface area contributed by atoms with E-state index < -0.39 is 0 Å². The molecule has 0 unspecified atom stereocenters. The number of rotatable bonds is 5. The van der Waals surface area contributed by atoms with Crippen LogP contribution in [-0.4, -0.2) is 41.8 Å². The third-order valence-corrected chi connectivity index (χ3v) is 5.67. The first-order chi connectivity index (χ1) is 13.0. The minimum absolute atomic E-state index is 0.121. The van der Waals surface area contributed by atoms with Crippen molar-refractivity contribution in [3.8, 4) is 17.2 Å². The first kappa shape index (κ1) is 19.7. The Balaban J connectivity index is 2.14. The lowest BCUT2D eigenvalue weighted by Crippen LogP contribution is -2.28. The molecule has 0 amide bonds. The molecule has 1 aromatic heterocycles. The van der Waals surface area contributed by atoms with Gasteiger partial charge in [0, 0.05) is 41.4 Å². The number of hydrogen-bond donors (Lipinski definition) is 0. The summed E-state index contributed by atoms with van der Waals surface area (Å²) in [4.78, 5) is 18.7. The second-order valence-corrected chi connectivity index (χ2v) is 7.64. The maximum Gasteiger partial charge on any atom is 0.316 e. The predicted octanol–water partition coefficient (Wildman–Crippen LogP) is 3.92. The van der Waals surface area contributed by atoms with Crippen LogP contribution in [0.5, 0.6) is 0 Å². The molecule has 0 fully saturated rings. The molecule has 5 nitrogen and oxygen atoms in total. The number of carbonyl (C=O) groups excluding carboxylic acids is 1. The molecule has 3 rings (SSSR count). The van der Waals surface area contributed by atoms with E-state index in [0.717, 1.165) is 35.3 Å². The maximum absolute atomic E-state index is 11.8. The minimum Gasteiger partial charge on any atom is -0.465 e. The fraction of sp³-hybridized carbons (Fsp3) is 0.350. The van der Waals surface area contributed by atoms with Gasteiger partial charge in [-0.15, -0.1) is 0 Å². The maximum atomic E-state index is 11.8. The summed E-state index contributed by atoms with van der Waals surface area (Å²) in [5, 5.41) is 11.1. The smallest absolute Gasteiger partial charge is 0.316 e. The lowest BCUT2D eigenvalue weighted by Gasteiger charge is -2.28. The van der Waals surface area contributed by atoms with E-state index in [2.05, 4.69) is 18.0 Å². The number of thioether (sulfide) groups is 1. The van der Waals surface area contributed by atoms with Gasteiger partial charge in [0.15, 0.2) is 0 Å². The van der Waals surface area contributed by atoms with Gasteiger partial charge in [0.2, 0.25) is 0 Å². The molecule has 2 aromatic rings. The molecule has 0 saturated heterocycles. The quantitative estimate of drug-likeness (QED) is 0.558. The molecular weight excluding hydrogens is 382 g/mol. The van der Waals surface area contributed by atoms with Crippen molar-refractivity contribution < 1.29 is 9.53 Å². The van der Waals surface area contributed by atoms with Crippen molar-refractivity contribution in [3.05, 3.63) is 46.1 Å². The molecule has 1 aliphatic heterocycles. The number of carbonyl (C=O) groups is 1. The zero-order valence-corrected chi connectivity index (χ0v) is 16.9. The fourth-order valence-corrected chi connectivity index (χ4v) is 4.21. The topological polar surface area (TPSA) is 66.2 Å². The van der Waals surface area contributed by atoms with Gasteiger partial charge in [-0.3, -0.25) is 4.79 Å². The van der Waals surface area contributed by atoms with E-state index in [-0.39, 0.29) is 11.7 Å². The summed E-state index contributed by atoms with van der Waals surface area (Å²) in [5.74, 6) is -0.194. The molecule has 0 aliphatic carbocycles. The summed E-state index contributed by atoms with van der Waals surface area (Å²) in [6, 6.07) is 9.82. The zero-order chi connectivity index (χ0) is 19.4. The van der Waals surface area contributed by atoms with Crippen molar-refractivity contribution in [3.63, 3.8) is 0 Å². The molecule has 0 radical (unpaired) electrons. The van der Waals surface area contributed by atoms with E-state index >= 15 is 0 Å². The summed E-state index contributed by atoms with van der Waals surface area (Å²) in [7, 11) is 2.05. The summed E-state index contributed by atoms with van der Waals surface area (Å²) in [5.41, 5.74) is 4.11. The van der Waals surface area contributed by atoms with Crippen LogP contribution in [0.4, 0.5) is 0 Å². The Labute approximate surface area is 168 Å². The van der Waals surface area contributed by atoms with Crippen molar-refractivity contribution in [1.29, 1.82) is 5.26 Å². The van der Waals surface area contributed by atoms with Crippen LogP contribution in [-0.2, 0) is 22.5 Å². The van der Waals surface area contributed by atoms with Gasteiger partial charge < -0.3 is 9.64 Å². The Morgan fingerprint density at radius 3 is 2.93 bits per heavy atom. The third kappa shape index (κ3) is 4.27. The highest BCUT2D eigenvalue weighted by Crippen LogP contribution is 2.39. The van der Waals surface area contributed by atoms with E-state index in [4.69, 9.17) is 21.3 Å². The average molecular weight is 402 g/mol. The molecule has 1 aromatic carbocycles. The van der Waals surface area contributed by atoms with Crippen molar-refractivity contribution in [1.82, 2.24) is 9.88 Å². The molecule has 7 heteroatoms. The zero-order valence-electron chi connectivity index (χ0n) is 15.3. The van der Waals surface area contributed by atoms with Crippen LogP contribution in [0.15, 0.2) is 29.3 Å². The van der Waals surface area contributed by atoms with Crippen molar-refractivity contribution in [2.45, 2.75) is 24.9 Å². The van der Waals surface area contributed by atoms with E-state index in [1.807, 2.05) is 24.3 Å². The summed E-state index contributed by atoms with van der Waals surface area (Å²) >= 11 is 7.71. The Bertz CT molecular complexity index is 911. The van der Waals surface area contributed by atoms with Crippen LogP contribution >= 0.6 is 23.4 Å². The largest absolute Gasteiger partial charge is 0.465 e. The lowest BCUT2D eigenvalue weighted by molar-refractivity contribution is -0.139. The Hall–Kier alpha value is -2.07. The van der Waals surface area contributed by atoms with Crippen LogP contribution in [0.1, 0.15) is 23.7 Å². The highest BCUT2D eigenvalue weighted by molar-refractivity contribution is 7.99. The van der Waals surface area contributed by atoms with Crippen LogP contribution < -0.4 is 0 Å². The number of benzene rings is 1. The number of nitrogens with zero attached hydrogens (tertiary/aromatic N) is 3. The number of fused-ring (bicyclic) bond motifs is 1. The van der Waals surface area contributed by atoms with Gasteiger partial charge >= 0.3 is 5.97 Å². The van der Waals surface area contributed by atoms with E-state index in [1.54, 1.807) is 6.92 Å². The van der Waals surface area contributed by atoms with Gasteiger partial charge in [-0.25, -0.2) is 4.98 Å². The summed E-state index contributed by atoms with van der Waals surface area (Å²) in [6.07, 6.45) is 0.794. The SMILES string of the molecule is CCOC(=O)CSc1nc2c(c(-c3ccccc3Cl)c1C#N)CN(C)CC2. The van der Waals surface area contributed by atoms with E-state index in [9.17, 15) is 10.1 Å². The van der Waals surface area contributed by atoms with Crippen LogP contribution in [0.25, 0.3) is 11.1 Å². The number of likely N-dealkylation sites (N-methyl/N-ethyl adjacent to an activating group) is 1. The molecular formula is C20H20ClN3O2S. The van der Waals surface area contributed by atoms with E-state index in [0.29, 0.717) is 28.8 Å². The Kier molecular flexibility index (Phi) is 6.38. The van der Waals surface area contributed by atoms with Gasteiger partial charge in [0.05, 0.1) is 17.9 Å². The lowest BCUT2D eigenvalue weighted by atomic mass is 9.92. The second-order valence-electron chi connectivity index (χ2n) is 6.27. The first-order valence-electron chi connectivity index (χ1n) is 8.72. The van der Waals surface area contributed by atoms with E-state index in [1.165, 1.54) is 11.8 Å². The monoisotopic (exact) mass is 401 g/mol. The second kappa shape index (κ2) is 8.75. The Morgan fingerprint density at radius 1 is 1.44 bits per heavy atom. The first-order valence-corrected chi connectivity index (χ1v) is 10.1. The van der Waals surface area contributed by atoms with Crippen LogP contribution in [0, 0.1) is 11.3 Å². The minimum atomic E-state index is -0.315. The van der Waals surface area contributed by atoms with Crippen LogP contribution in [0.3, 0.4) is 0 Å². The Morgan fingerprint density at radius 2 is 2.22 bits per heavy atom. The number of nitriles is 1. The standard InChI is InChI=1S/C20H20ClN3O2S/c1-3-26-18(25)12-27-20-14(10-22)19(13-6-4-5-7-16(13)21)15-11-24(2)9-8-17(15)23-20/h4-7H,3,8-9,11-12H2,1-2H3. The number of esters is 1. The molecule has 0 bridgehead atoms. The third-order valence-electron chi connectivity index (χ3n) is 4.40. The summed E-state index contributed by atoms with van der Waals surface area (Å²) < 4.78 is 5.00. The highest BCUT2D eigenvalue weighted by Gasteiger charge is 2.26. The number of halogens is 1. The predicted molar refractivity (Wildman–Crippen MR) is 107 cm³/mol. The van der Waals surface area contributed by atoms with Crippen molar-refractivity contribution in [2.75, 3.05) is 26.0 Å². The van der Waals surface area contributed by atoms with Gasteiger partial charge in [0.1, 0.15) is 11.1 Å². The number of ether oxygens (including phenoxy) is 1. The molecule has 0 saturated carbocycles. The van der Waals surface area contributed by atoms with Gasteiger partial charge in [-0.2, -0.15) is 5.26 Å². The number of hydrogen-bond acceptors (Lipinski definition) is 6. The molecule has 2 heterocycles. The van der Waals surface area contributed by atoms with Gasteiger partial charge in [-0.05, 0) is 25.6 Å². The molecule has 140 valence electrons. The van der Waals surface area contributed by atoms with Gasteiger partial charge in [-0.1, -0.05) is 41.6 Å². The normalized spacial score (nSPS) is 13.7. The molecule has 0 N–H and O–H groups in total. The molecule has 0 atom stereocenters. The number of pyridine rings is 1. The molecule has 0 spiro atoms. The highest BCUT2D eigenvalue weighted by atomic mass is 35.5. The average Bonchev–Trinajstić information content (AvgIpc) is 2.66. The van der Waals surface area contributed by atoms with Crippen LogP contribution in [0.2, 0.25) is 5.02 Å². The summed E-state index contributed by atoms with van der Waals surface area (Å²) in [6.45, 7) is 3.71.